The SMILES string of the molecule is O=[N+]([O-])c1[nH]ncc1CI. The van der Waals surface area contributed by atoms with E-state index < -0.39 is 4.92 Å². The fourth-order valence-electron chi connectivity index (χ4n) is 0.560. The Kier molecular flexibility index (Phi) is 2.20. The summed E-state index contributed by atoms with van der Waals surface area (Å²) in [5, 5.41) is 16.0. The van der Waals surface area contributed by atoms with Gasteiger partial charge < -0.3 is 10.1 Å². The molecule has 0 radical (unpaired) electrons. The normalized spacial score (nSPS) is 9.70. The topological polar surface area (TPSA) is 71.8 Å². The van der Waals surface area contributed by atoms with E-state index in [1.54, 1.807) is 0 Å². The minimum atomic E-state index is -0.471. The van der Waals surface area contributed by atoms with E-state index in [9.17, 15) is 10.1 Å². The van der Waals surface area contributed by atoms with E-state index in [2.05, 4.69) is 10.2 Å². The molecule has 10 heavy (non-hydrogen) atoms. The van der Waals surface area contributed by atoms with Gasteiger partial charge in [-0.25, -0.2) is 0 Å². The van der Waals surface area contributed by atoms with Crippen LogP contribution in [0.25, 0.3) is 0 Å². The van der Waals surface area contributed by atoms with Crippen molar-refractivity contribution < 1.29 is 4.92 Å². The maximum atomic E-state index is 10.2. The van der Waals surface area contributed by atoms with Crippen molar-refractivity contribution in [1.29, 1.82) is 0 Å². The lowest BCUT2D eigenvalue weighted by atomic mass is 10.4. The Hall–Kier alpha value is -0.660. The molecule has 0 fully saturated rings. The molecule has 1 heterocycles. The van der Waals surface area contributed by atoms with E-state index in [4.69, 9.17) is 0 Å². The number of aromatic nitrogens is 2. The minimum absolute atomic E-state index is 0.00519. The van der Waals surface area contributed by atoms with Gasteiger partial charge in [-0.3, -0.25) is 0 Å². The number of halogens is 1. The van der Waals surface area contributed by atoms with Crippen LogP contribution in [-0.2, 0) is 4.43 Å². The number of hydrogen-bond donors (Lipinski definition) is 1. The van der Waals surface area contributed by atoms with Crippen LogP contribution in [0.1, 0.15) is 5.56 Å². The van der Waals surface area contributed by atoms with Crippen molar-refractivity contribution in [3.8, 4) is 0 Å². The summed E-state index contributed by atoms with van der Waals surface area (Å²) in [6, 6.07) is 0. The van der Waals surface area contributed by atoms with Crippen LogP contribution in [-0.4, -0.2) is 15.1 Å². The Morgan fingerprint density at radius 2 is 2.60 bits per heavy atom. The summed E-state index contributed by atoms with van der Waals surface area (Å²) < 4.78 is 0.602. The Labute approximate surface area is 70.1 Å². The van der Waals surface area contributed by atoms with E-state index in [0.29, 0.717) is 9.99 Å². The van der Waals surface area contributed by atoms with Crippen LogP contribution in [0, 0.1) is 10.1 Å². The Morgan fingerprint density at radius 1 is 1.90 bits per heavy atom. The molecule has 0 amide bonds. The van der Waals surface area contributed by atoms with Gasteiger partial charge in [-0.1, -0.05) is 27.7 Å². The maximum absolute atomic E-state index is 10.2. The Balaban J connectivity index is 3.01. The zero-order valence-electron chi connectivity index (χ0n) is 4.87. The van der Waals surface area contributed by atoms with E-state index in [1.165, 1.54) is 6.20 Å². The first kappa shape index (κ1) is 7.45. The quantitative estimate of drug-likeness (QED) is 0.373. The summed E-state index contributed by atoms with van der Waals surface area (Å²) >= 11 is 2.04. The van der Waals surface area contributed by atoms with Gasteiger partial charge in [0.15, 0.2) is 0 Å². The first-order valence-corrected chi connectivity index (χ1v) is 4.01. The molecule has 1 aromatic heterocycles. The predicted octanol–water partition coefficient (Wildman–Crippen LogP) is 1.25. The van der Waals surface area contributed by atoms with Crippen molar-refractivity contribution in [1.82, 2.24) is 10.2 Å². The number of aromatic amines is 1. The lowest BCUT2D eigenvalue weighted by molar-refractivity contribution is -0.390. The summed E-state index contributed by atoms with van der Waals surface area (Å²) in [6.45, 7) is 0. The molecule has 0 aromatic carbocycles. The highest BCUT2D eigenvalue weighted by atomic mass is 127. The minimum Gasteiger partial charge on any atom is -0.358 e. The lowest BCUT2D eigenvalue weighted by Gasteiger charge is -1.89. The molecule has 0 bridgehead atoms. The molecule has 0 saturated heterocycles. The van der Waals surface area contributed by atoms with Gasteiger partial charge in [-0.15, -0.1) is 5.10 Å². The van der Waals surface area contributed by atoms with Gasteiger partial charge in [0.2, 0.25) is 0 Å². The molecule has 0 saturated carbocycles. The third-order valence-corrected chi connectivity index (χ3v) is 1.84. The highest BCUT2D eigenvalue weighted by Crippen LogP contribution is 2.16. The molecule has 0 unspecified atom stereocenters. The molecule has 0 aliphatic heterocycles. The summed E-state index contributed by atoms with van der Waals surface area (Å²) in [4.78, 5) is 9.70. The highest BCUT2D eigenvalue weighted by Gasteiger charge is 2.12. The second-order valence-corrected chi connectivity index (χ2v) is 2.40. The first-order valence-electron chi connectivity index (χ1n) is 2.48. The monoisotopic (exact) mass is 253 g/mol. The number of hydrogen-bond acceptors (Lipinski definition) is 3. The molecular weight excluding hydrogens is 249 g/mol. The summed E-state index contributed by atoms with van der Waals surface area (Å²) in [6.07, 6.45) is 1.46. The van der Waals surface area contributed by atoms with Crippen molar-refractivity contribution in [2.45, 2.75) is 4.43 Å². The first-order chi connectivity index (χ1) is 4.75. The smallest absolute Gasteiger partial charge is 0.346 e. The third kappa shape index (κ3) is 1.25. The van der Waals surface area contributed by atoms with E-state index in [0.717, 1.165) is 0 Å². The molecule has 1 N–H and O–H groups in total. The van der Waals surface area contributed by atoms with Crippen LogP contribution in [0.3, 0.4) is 0 Å². The number of nitrogens with one attached hydrogen (secondary N) is 1. The largest absolute Gasteiger partial charge is 0.358 e. The van der Waals surface area contributed by atoms with Gasteiger partial charge in [0.25, 0.3) is 0 Å². The molecular formula is C4H4IN3O2. The van der Waals surface area contributed by atoms with E-state index in [-0.39, 0.29) is 5.82 Å². The average Bonchev–Trinajstić information content (AvgIpc) is 2.33. The molecule has 6 heteroatoms. The Morgan fingerprint density at radius 3 is 3.00 bits per heavy atom. The number of nitrogens with zero attached hydrogens (tertiary/aromatic N) is 2. The second kappa shape index (κ2) is 2.95. The summed E-state index contributed by atoms with van der Waals surface area (Å²) in [5.41, 5.74) is 0.630. The number of H-pyrrole nitrogens is 1. The molecule has 1 rings (SSSR count). The van der Waals surface area contributed by atoms with Crippen molar-refractivity contribution in [2.75, 3.05) is 0 Å². The van der Waals surface area contributed by atoms with Gasteiger partial charge in [0, 0.05) is 4.43 Å². The summed E-state index contributed by atoms with van der Waals surface area (Å²) in [5.74, 6) is -0.00519. The molecule has 0 spiro atoms. The van der Waals surface area contributed by atoms with Crippen molar-refractivity contribution in [3.05, 3.63) is 21.9 Å². The predicted molar refractivity (Wildman–Crippen MR) is 43.0 cm³/mol. The van der Waals surface area contributed by atoms with Crippen LogP contribution in [0.2, 0.25) is 0 Å². The number of alkyl halides is 1. The zero-order valence-corrected chi connectivity index (χ0v) is 7.03. The maximum Gasteiger partial charge on any atom is 0.346 e. The van der Waals surface area contributed by atoms with Gasteiger partial charge >= 0.3 is 5.82 Å². The molecule has 0 aliphatic carbocycles. The second-order valence-electron chi connectivity index (χ2n) is 1.63. The lowest BCUT2D eigenvalue weighted by Crippen LogP contribution is -1.90. The van der Waals surface area contributed by atoms with Crippen LogP contribution < -0.4 is 0 Å². The molecule has 0 atom stereocenters. The van der Waals surface area contributed by atoms with Gasteiger partial charge in [-0.05, 0) is 4.92 Å². The fourth-order valence-corrected chi connectivity index (χ4v) is 1.12. The summed E-state index contributed by atoms with van der Waals surface area (Å²) in [7, 11) is 0. The van der Waals surface area contributed by atoms with Crippen LogP contribution in [0.4, 0.5) is 5.82 Å². The third-order valence-electron chi connectivity index (χ3n) is 1.02. The molecule has 5 nitrogen and oxygen atoms in total. The zero-order chi connectivity index (χ0) is 7.56. The highest BCUT2D eigenvalue weighted by molar-refractivity contribution is 14.1. The Bertz CT molecular complexity index is 246. The number of rotatable bonds is 2. The molecule has 1 aromatic rings. The van der Waals surface area contributed by atoms with E-state index in [1.807, 2.05) is 22.6 Å². The fraction of sp³-hybridized carbons (Fsp3) is 0.250. The van der Waals surface area contributed by atoms with Crippen molar-refractivity contribution >= 4 is 28.4 Å². The van der Waals surface area contributed by atoms with E-state index >= 15 is 0 Å². The van der Waals surface area contributed by atoms with Crippen LogP contribution in [0.5, 0.6) is 0 Å². The van der Waals surface area contributed by atoms with Gasteiger partial charge in [0.1, 0.15) is 0 Å². The van der Waals surface area contributed by atoms with Crippen molar-refractivity contribution in [2.24, 2.45) is 0 Å². The average molecular weight is 253 g/mol. The van der Waals surface area contributed by atoms with Gasteiger partial charge in [0.05, 0.1) is 11.8 Å². The van der Waals surface area contributed by atoms with Crippen LogP contribution in [0.15, 0.2) is 6.20 Å². The molecule has 54 valence electrons. The standard InChI is InChI=1S/C4H4IN3O2/c5-1-3-2-6-7-4(3)8(9)10/h2H,1H2,(H,6,7). The molecule has 0 aliphatic rings. The van der Waals surface area contributed by atoms with Crippen molar-refractivity contribution in [3.63, 3.8) is 0 Å². The van der Waals surface area contributed by atoms with Crippen LogP contribution >= 0.6 is 22.6 Å². The van der Waals surface area contributed by atoms with Gasteiger partial charge in [-0.2, -0.15) is 0 Å². The number of nitro groups is 1.